The first kappa shape index (κ1) is 13.5. The maximum absolute atomic E-state index is 13.5. The first-order chi connectivity index (χ1) is 8.06. The van der Waals surface area contributed by atoms with Crippen LogP contribution in [0.3, 0.4) is 0 Å². The van der Waals surface area contributed by atoms with Crippen molar-refractivity contribution in [1.29, 1.82) is 5.26 Å². The number of amides is 1. The van der Waals surface area contributed by atoms with Crippen LogP contribution < -0.4 is 0 Å². The molecule has 0 atom stereocenters. The Bertz CT molecular complexity index is 436. The Morgan fingerprint density at radius 2 is 2.29 bits per heavy atom. The molecule has 0 spiro atoms. The summed E-state index contributed by atoms with van der Waals surface area (Å²) in [7, 11) is 1.56. The van der Waals surface area contributed by atoms with Crippen molar-refractivity contribution in [2.45, 2.75) is 19.4 Å². The van der Waals surface area contributed by atoms with Gasteiger partial charge in [-0.2, -0.15) is 5.26 Å². The van der Waals surface area contributed by atoms with E-state index in [4.69, 9.17) is 16.9 Å². The Kier molecular flexibility index (Phi) is 4.92. The van der Waals surface area contributed by atoms with E-state index in [2.05, 4.69) is 0 Å². The molecule has 90 valence electrons. The Labute approximate surface area is 104 Å². The van der Waals surface area contributed by atoms with Gasteiger partial charge in [0.05, 0.1) is 6.07 Å². The molecule has 0 fully saturated rings. The van der Waals surface area contributed by atoms with Gasteiger partial charge in [-0.25, -0.2) is 4.39 Å². The Morgan fingerprint density at radius 3 is 2.88 bits per heavy atom. The van der Waals surface area contributed by atoms with Crippen molar-refractivity contribution >= 4 is 17.5 Å². The third-order valence-electron chi connectivity index (χ3n) is 2.33. The van der Waals surface area contributed by atoms with Crippen LogP contribution in [0.1, 0.15) is 18.4 Å². The van der Waals surface area contributed by atoms with Crippen LogP contribution in [0.4, 0.5) is 4.39 Å². The SMILES string of the molecule is CN(Cc1c(F)cccc1Cl)C(=O)CCC#N. The van der Waals surface area contributed by atoms with Gasteiger partial charge in [-0.1, -0.05) is 17.7 Å². The first-order valence-corrected chi connectivity index (χ1v) is 5.48. The maximum Gasteiger partial charge on any atom is 0.223 e. The molecule has 0 N–H and O–H groups in total. The van der Waals surface area contributed by atoms with Gasteiger partial charge in [0.1, 0.15) is 5.82 Å². The van der Waals surface area contributed by atoms with E-state index >= 15 is 0 Å². The van der Waals surface area contributed by atoms with Gasteiger partial charge in [0, 0.05) is 37.0 Å². The van der Waals surface area contributed by atoms with Crippen molar-refractivity contribution in [3.05, 3.63) is 34.6 Å². The summed E-state index contributed by atoms with van der Waals surface area (Å²) in [5.74, 6) is -0.636. The number of carbonyl (C=O) groups excluding carboxylic acids is 1. The zero-order chi connectivity index (χ0) is 12.8. The quantitative estimate of drug-likeness (QED) is 0.829. The molecule has 5 heteroatoms. The number of nitriles is 1. The number of carbonyl (C=O) groups is 1. The van der Waals surface area contributed by atoms with Crippen molar-refractivity contribution in [3.8, 4) is 6.07 Å². The average molecular weight is 255 g/mol. The minimum atomic E-state index is -0.433. The number of nitrogens with zero attached hydrogens (tertiary/aromatic N) is 2. The van der Waals surface area contributed by atoms with Crippen LogP contribution >= 0.6 is 11.6 Å². The monoisotopic (exact) mass is 254 g/mol. The molecule has 0 bridgehead atoms. The lowest BCUT2D eigenvalue weighted by atomic mass is 10.2. The molecule has 0 unspecified atom stereocenters. The van der Waals surface area contributed by atoms with Crippen LogP contribution in [-0.2, 0) is 11.3 Å². The lowest BCUT2D eigenvalue weighted by Crippen LogP contribution is -2.26. The van der Waals surface area contributed by atoms with Crippen LogP contribution in [0.5, 0.6) is 0 Å². The highest BCUT2D eigenvalue weighted by Crippen LogP contribution is 2.20. The Balaban J connectivity index is 2.71. The number of rotatable bonds is 4. The van der Waals surface area contributed by atoms with Gasteiger partial charge in [0.15, 0.2) is 0 Å². The van der Waals surface area contributed by atoms with Crippen LogP contribution in [0, 0.1) is 17.1 Å². The van der Waals surface area contributed by atoms with Gasteiger partial charge in [-0.05, 0) is 12.1 Å². The van der Waals surface area contributed by atoms with E-state index in [-0.39, 0.29) is 25.3 Å². The molecule has 17 heavy (non-hydrogen) atoms. The molecular formula is C12H12ClFN2O. The zero-order valence-corrected chi connectivity index (χ0v) is 10.2. The van der Waals surface area contributed by atoms with Crippen LogP contribution in [0.25, 0.3) is 0 Å². The molecular weight excluding hydrogens is 243 g/mol. The van der Waals surface area contributed by atoms with E-state index in [0.717, 1.165) is 0 Å². The van der Waals surface area contributed by atoms with Gasteiger partial charge in [0.25, 0.3) is 0 Å². The molecule has 0 saturated heterocycles. The highest BCUT2D eigenvalue weighted by Gasteiger charge is 2.13. The summed E-state index contributed by atoms with van der Waals surface area (Å²) in [6, 6.07) is 6.28. The molecule has 3 nitrogen and oxygen atoms in total. The van der Waals surface area contributed by atoms with Crippen molar-refractivity contribution in [1.82, 2.24) is 4.90 Å². The molecule has 0 saturated carbocycles. The number of benzene rings is 1. The van der Waals surface area contributed by atoms with E-state index < -0.39 is 5.82 Å². The summed E-state index contributed by atoms with van der Waals surface area (Å²) in [5, 5.41) is 8.67. The lowest BCUT2D eigenvalue weighted by molar-refractivity contribution is -0.130. The van der Waals surface area contributed by atoms with E-state index in [1.54, 1.807) is 13.1 Å². The standard InChI is InChI=1S/C12H12ClFN2O/c1-16(12(17)6-3-7-15)8-9-10(13)4-2-5-11(9)14/h2,4-5H,3,6,8H2,1H3. The normalized spacial score (nSPS) is 9.76. The molecule has 0 aliphatic heterocycles. The largest absolute Gasteiger partial charge is 0.341 e. The third kappa shape index (κ3) is 3.72. The first-order valence-electron chi connectivity index (χ1n) is 5.10. The predicted molar refractivity (Wildman–Crippen MR) is 62.7 cm³/mol. The van der Waals surface area contributed by atoms with Gasteiger partial charge < -0.3 is 4.90 Å². The van der Waals surface area contributed by atoms with Gasteiger partial charge >= 0.3 is 0 Å². The second-order valence-electron chi connectivity index (χ2n) is 3.61. The van der Waals surface area contributed by atoms with E-state index in [1.165, 1.54) is 17.0 Å². The van der Waals surface area contributed by atoms with Gasteiger partial charge in [-0.15, -0.1) is 0 Å². The summed E-state index contributed by atoms with van der Waals surface area (Å²) < 4.78 is 13.5. The number of halogens is 2. The van der Waals surface area contributed by atoms with Gasteiger partial charge in [0.2, 0.25) is 5.91 Å². The number of hydrogen-bond acceptors (Lipinski definition) is 2. The molecule has 0 heterocycles. The summed E-state index contributed by atoms with van der Waals surface area (Å²) in [5.41, 5.74) is 0.293. The maximum atomic E-state index is 13.5. The molecule has 0 aliphatic carbocycles. The fourth-order valence-electron chi connectivity index (χ4n) is 1.36. The topological polar surface area (TPSA) is 44.1 Å². The molecule has 0 radical (unpaired) electrons. The minimum Gasteiger partial charge on any atom is -0.341 e. The molecule has 1 amide bonds. The summed E-state index contributed by atoms with van der Waals surface area (Å²) in [6.07, 6.45) is 0.299. The van der Waals surface area contributed by atoms with Crippen molar-refractivity contribution in [2.24, 2.45) is 0 Å². The summed E-state index contributed by atoms with van der Waals surface area (Å²) in [4.78, 5) is 12.9. The van der Waals surface area contributed by atoms with Crippen molar-refractivity contribution < 1.29 is 9.18 Å². The van der Waals surface area contributed by atoms with Crippen molar-refractivity contribution in [3.63, 3.8) is 0 Å². The van der Waals surface area contributed by atoms with Crippen molar-refractivity contribution in [2.75, 3.05) is 7.05 Å². The highest BCUT2D eigenvalue weighted by molar-refractivity contribution is 6.31. The number of hydrogen-bond donors (Lipinski definition) is 0. The molecule has 0 aromatic heterocycles. The smallest absolute Gasteiger partial charge is 0.223 e. The van der Waals surface area contributed by atoms with Crippen LogP contribution in [0.15, 0.2) is 18.2 Å². The molecule has 1 rings (SSSR count). The van der Waals surface area contributed by atoms with Gasteiger partial charge in [-0.3, -0.25) is 4.79 Å². The minimum absolute atomic E-state index is 0.107. The summed E-state index contributed by atoms with van der Waals surface area (Å²) in [6.45, 7) is 0.107. The average Bonchev–Trinajstić information content (AvgIpc) is 2.30. The van der Waals surface area contributed by atoms with E-state index in [9.17, 15) is 9.18 Å². The fraction of sp³-hybridized carbons (Fsp3) is 0.333. The Hall–Kier alpha value is -1.60. The predicted octanol–water partition coefficient (Wildman–Crippen LogP) is 2.74. The molecule has 1 aromatic rings. The highest BCUT2D eigenvalue weighted by atomic mass is 35.5. The zero-order valence-electron chi connectivity index (χ0n) is 9.41. The van der Waals surface area contributed by atoms with Crippen LogP contribution in [0.2, 0.25) is 5.02 Å². The second kappa shape index (κ2) is 6.21. The van der Waals surface area contributed by atoms with Crippen LogP contribution in [-0.4, -0.2) is 17.9 Å². The third-order valence-corrected chi connectivity index (χ3v) is 2.69. The second-order valence-corrected chi connectivity index (χ2v) is 4.02. The molecule has 0 aliphatic rings. The van der Waals surface area contributed by atoms with E-state index in [0.29, 0.717) is 10.6 Å². The summed E-state index contributed by atoms with van der Waals surface area (Å²) >= 11 is 5.85. The van der Waals surface area contributed by atoms with E-state index in [1.807, 2.05) is 6.07 Å². The Morgan fingerprint density at radius 1 is 1.59 bits per heavy atom. The lowest BCUT2D eigenvalue weighted by Gasteiger charge is -2.17. The fourth-order valence-corrected chi connectivity index (χ4v) is 1.59. The molecule has 1 aromatic carbocycles.